The van der Waals surface area contributed by atoms with Crippen LogP contribution in [-0.2, 0) is 11.3 Å². The lowest BCUT2D eigenvalue weighted by Crippen LogP contribution is -2.21. The molecule has 1 aromatic rings. The summed E-state index contributed by atoms with van der Waals surface area (Å²) in [4.78, 5) is 11.3. The van der Waals surface area contributed by atoms with Gasteiger partial charge in [0.25, 0.3) is 0 Å². The van der Waals surface area contributed by atoms with Crippen molar-refractivity contribution >= 4 is 33.2 Å². The zero-order valence-corrected chi connectivity index (χ0v) is 8.61. The van der Waals surface area contributed by atoms with Gasteiger partial charge >= 0.3 is 5.97 Å². The van der Waals surface area contributed by atoms with Crippen molar-refractivity contribution in [3.05, 3.63) is 20.8 Å². The van der Waals surface area contributed by atoms with E-state index in [1.807, 2.05) is 12.1 Å². The van der Waals surface area contributed by atoms with E-state index in [0.717, 1.165) is 8.66 Å². The Morgan fingerprint density at radius 2 is 2.42 bits per heavy atom. The van der Waals surface area contributed by atoms with Crippen molar-refractivity contribution in [2.24, 2.45) is 0 Å². The molecule has 0 unspecified atom stereocenters. The van der Waals surface area contributed by atoms with Crippen molar-refractivity contribution in [1.82, 2.24) is 5.32 Å². The molecule has 0 bridgehead atoms. The maximum atomic E-state index is 10.1. The topological polar surface area (TPSA) is 49.3 Å². The average molecular weight is 250 g/mol. The molecular weight excluding hydrogens is 242 g/mol. The summed E-state index contributed by atoms with van der Waals surface area (Å²) in [5, 5.41) is 11.1. The zero-order valence-electron chi connectivity index (χ0n) is 6.21. The first-order valence-corrected chi connectivity index (χ1v) is 4.96. The normalized spacial score (nSPS) is 10.1. The van der Waals surface area contributed by atoms with Gasteiger partial charge in [-0.3, -0.25) is 4.79 Å². The molecule has 5 heteroatoms. The number of carboxylic acids is 1. The monoisotopic (exact) mass is 249 g/mol. The predicted octanol–water partition coefficient (Wildman–Crippen LogP) is 1.68. The summed E-state index contributed by atoms with van der Waals surface area (Å²) >= 11 is 4.93. The van der Waals surface area contributed by atoms with Crippen molar-refractivity contribution in [3.63, 3.8) is 0 Å². The Labute approximate surface area is 82.5 Å². The van der Waals surface area contributed by atoms with E-state index in [0.29, 0.717) is 6.54 Å². The highest BCUT2D eigenvalue weighted by atomic mass is 79.9. The lowest BCUT2D eigenvalue weighted by Gasteiger charge is -1.96. The Hall–Kier alpha value is -0.390. The highest BCUT2D eigenvalue weighted by Gasteiger charge is 1.98. The molecule has 2 N–H and O–H groups in total. The van der Waals surface area contributed by atoms with Gasteiger partial charge in [-0.25, -0.2) is 0 Å². The Bertz CT molecular complexity index is 274. The summed E-state index contributed by atoms with van der Waals surface area (Å²) < 4.78 is 1.06. The first-order valence-electron chi connectivity index (χ1n) is 3.35. The van der Waals surface area contributed by atoms with E-state index >= 15 is 0 Å². The van der Waals surface area contributed by atoms with Crippen molar-refractivity contribution < 1.29 is 9.90 Å². The lowest BCUT2D eigenvalue weighted by atomic mass is 10.4. The lowest BCUT2D eigenvalue weighted by molar-refractivity contribution is -0.135. The van der Waals surface area contributed by atoms with E-state index in [4.69, 9.17) is 5.11 Å². The average Bonchev–Trinajstić information content (AvgIpc) is 2.35. The van der Waals surface area contributed by atoms with Gasteiger partial charge in [0.05, 0.1) is 10.3 Å². The fourth-order valence-electron chi connectivity index (χ4n) is 0.739. The third kappa shape index (κ3) is 3.34. The Kier molecular flexibility index (Phi) is 3.71. The number of carboxylic acid groups (broad SMARTS) is 1. The van der Waals surface area contributed by atoms with Gasteiger partial charge in [-0.15, -0.1) is 11.3 Å². The molecule has 0 amide bonds. The van der Waals surface area contributed by atoms with Crippen LogP contribution in [0.15, 0.2) is 15.9 Å². The van der Waals surface area contributed by atoms with Gasteiger partial charge in [0.15, 0.2) is 0 Å². The molecule has 1 rings (SSSR count). The van der Waals surface area contributed by atoms with Gasteiger partial charge in [-0.05, 0) is 28.1 Å². The number of halogens is 1. The Balaban J connectivity index is 2.29. The molecule has 0 radical (unpaired) electrons. The van der Waals surface area contributed by atoms with E-state index in [1.165, 1.54) is 0 Å². The van der Waals surface area contributed by atoms with Crippen LogP contribution in [0.1, 0.15) is 4.88 Å². The highest BCUT2D eigenvalue weighted by Crippen LogP contribution is 2.21. The standard InChI is InChI=1S/C7H8BrNO2S/c8-6-2-1-5(12-6)3-9-4-7(10)11/h1-2,9H,3-4H2,(H,10,11). The smallest absolute Gasteiger partial charge is 0.317 e. The third-order valence-electron chi connectivity index (χ3n) is 1.20. The number of hydrogen-bond acceptors (Lipinski definition) is 3. The van der Waals surface area contributed by atoms with Crippen LogP contribution < -0.4 is 5.32 Å². The van der Waals surface area contributed by atoms with Gasteiger partial charge in [-0.2, -0.15) is 0 Å². The largest absolute Gasteiger partial charge is 0.480 e. The van der Waals surface area contributed by atoms with Crippen LogP contribution in [0.25, 0.3) is 0 Å². The quantitative estimate of drug-likeness (QED) is 0.854. The summed E-state index contributed by atoms with van der Waals surface area (Å²) in [6, 6.07) is 3.91. The summed E-state index contributed by atoms with van der Waals surface area (Å²) in [6.45, 7) is 0.623. The Morgan fingerprint density at radius 1 is 1.67 bits per heavy atom. The number of rotatable bonds is 4. The van der Waals surface area contributed by atoms with Crippen molar-refractivity contribution in [2.45, 2.75) is 6.54 Å². The second-order valence-corrected chi connectivity index (χ2v) is 4.75. The van der Waals surface area contributed by atoms with Crippen LogP contribution in [0.3, 0.4) is 0 Å². The summed E-state index contributed by atoms with van der Waals surface area (Å²) in [5.41, 5.74) is 0. The predicted molar refractivity (Wildman–Crippen MR) is 51.4 cm³/mol. The van der Waals surface area contributed by atoms with Crippen LogP contribution in [0.4, 0.5) is 0 Å². The van der Waals surface area contributed by atoms with Crippen molar-refractivity contribution in [2.75, 3.05) is 6.54 Å². The summed E-state index contributed by atoms with van der Waals surface area (Å²) in [7, 11) is 0. The van der Waals surface area contributed by atoms with Crippen molar-refractivity contribution in [3.8, 4) is 0 Å². The molecule has 1 aromatic heterocycles. The van der Waals surface area contributed by atoms with E-state index < -0.39 is 5.97 Å². The molecule has 0 atom stereocenters. The molecule has 0 saturated heterocycles. The van der Waals surface area contributed by atoms with Crippen LogP contribution in [0, 0.1) is 0 Å². The van der Waals surface area contributed by atoms with Crippen molar-refractivity contribution in [1.29, 1.82) is 0 Å². The van der Waals surface area contributed by atoms with Gasteiger partial charge in [-0.1, -0.05) is 0 Å². The van der Waals surface area contributed by atoms with Crippen LogP contribution in [0.5, 0.6) is 0 Å². The molecule has 0 aromatic carbocycles. The zero-order chi connectivity index (χ0) is 8.97. The van der Waals surface area contributed by atoms with E-state index in [1.54, 1.807) is 11.3 Å². The maximum absolute atomic E-state index is 10.1. The number of hydrogen-bond donors (Lipinski definition) is 2. The number of nitrogens with one attached hydrogen (secondary N) is 1. The van der Waals surface area contributed by atoms with Crippen LogP contribution in [0.2, 0.25) is 0 Å². The molecule has 1 heterocycles. The number of carbonyl (C=O) groups is 1. The molecular formula is C7H8BrNO2S. The third-order valence-corrected chi connectivity index (χ3v) is 2.83. The van der Waals surface area contributed by atoms with E-state index in [9.17, 15) is 4.79 Å². The number of aliphatic carboxylic acids is 1. The van der Waals surface area contributed by atoms with Gasteiger partial charge < -0.3 is 10.4 Å². The minimum Gasteiger partial charge on any atom is -0.480 e. The first-order chi connectivity index (χ1) is 5.68. The molecule has 0 spiro atoms. The van der Waals surface area contributed by atoms with E-state index in [2.05, 4.69) is 21.2 Å². The summed E-state index contributed by atoms with van der Waals surface area (Å²) in [6.07, 6.45) is 0. The maximum Gasteiger partial charge on any atom is 0.317 e. The molecule has 0 fully saturated rings. The minimum atomic E-state index is -0.828. The van der Waals surface area contributed by atoms with Crippen LogP contribution in [-0.4, -0.2) is 17.6 Å². The second kappa shape index (κ2) is 4.59. The first kappa shape index (κ1) is 9.70. The van der Waals surface area contributed by atoms with Crippen LogP contribution >= 0.6 is 27.3 Å². The number of thiophene rings is 1. The Morgan fingerprint density at radius 3 is 2.92 bits per heavy atom. The summed E-state index contributed by atoms with van der Waals surface area (Å²) in [5.74, 6) is -0.828. The SMILES string of the molecule is O=C(O)CNCc1ccc(Br)s1. The molecule has 0 aliphatic carbocycles. The molecule has 3 nitrogen and oxygen atoms in total. The molecule has 0 aliphatic rings. The van der Waals surface area contributed by atoms with Gasteiger partial charge in [0.1, 0.15) is 0 Å². The molecule has 12 heavy (non-hydrogen) atoms. The fourth-order valence-corrected chi connectivity index (χ4v) is 2.19. The fraction of sp³-hybridized carbons (Fsp3) is 0.286. The molecule has 0 saturated carbocycles. The second-order valence-electron chi connectivity index (χ2n) is 2.20. The van der Waals surface area contributed by atoms with Gasteiger partial charge in [0, 0.05) is 11.4 Å². The van der Waals surface area contributed by atoms with E-state index in [-0.39, 0.29) is 6.54 Å². The molecule has 66 valence electrons. The highest BCUT2D eigenvalue weighted by molar-refractivity contribution is 9.11. The minimum absolute atomic E-state index is 0.00944. The molecule has 0 aliphatic heterocycles. The van der Waals surface area contributed by atoms with Gasteiger partial charge in [0.2, 0.25) is 0 Å².